The number of thiophene rings is 1. The van der Waals surface area contributed by atoms with Crippen molar-refractivity contribution in [2.24, 2.45) is 0 Å². The average Bonchev–Trinajstić information content (AvgIpc) is 2.67. The zero-order valence-electron chi connectivity index (χ0n) is 11.2. The third-order valence-electron chi connectivity index (χ3n) is 2.48. The summed E-state index contributed by atoms with van der Waals surface area (Å²) in [6.07, 6.45) is -1.04. The van der Waals surface area contributed by atoms with Crippen LogP contribution in [0.5, 0.6) is 0 Å². The molecule has 1 aromatic rings. The van der Waals surface area contributed by atoms with Gasteiger partial charge in [0.05, 0.1) is 6.10 Å². The molecule has 0 radical (unpaired) electrons. The van der Waals surface area contributed by atoms with Gasteiger partial charge in [-0.05, 0) is 26.8 Å². The van der Waals surface area contributed by atoms with Gasteiger partial charge in [0.25, 0.3) is 20.0 Å². The van der Waals surface area contributed by atoms with Crippen LogP contribution < -0.4 is 9.44 Å². The number of sulfonamides is 2. The average molecular weight is 340 g/mol. The Morgan fingerprint density at radius 1 is 1.45 bits per heavy atom. The van der Waals surface area contributed by atoms with Crippen LogP contribution >= 0.6 is 11.3 Å². The van der Waals surface area contributed by atoms with Crippen molar-refractivity contribution in [3.8, 4) is 0 Å². The summed E-state index contributed by atoms with van der Waals surface area (Å²) >= 11 is 0.633. The number of nitrogens with one attached hydrogen (secondary N) is 2. The number of hydrogen-bond acceptors (Lipinski definition) is 6. The van der Waals surface area contributed by atoms with Gasteiger partial charge in [-0.2, -0.15) is 0 Å². The molecule has 0 saturated heterocycles. The predicted octanol–water partition coefficient (Wildman–Crippen LogP) is 0.150. The molecule has 0 aromatic carbocycles. The van der Waals surface area contributed by atoms with Crippen LogP contribution in [0, 0.1) is 0 Å². The Labute approximate surface area is 122 Å². The molecule has 114 valence electrons. The SMILES string of the molecule is CC(C)(C)NS(=O)(=O)c1cc2c(s1)S(=O)(=O)NC[C@H]2O. The molecule has 0 fully saturated rings. The summed E-state index contributed by atoms with van der Waals surface area (Å²) in [5, 5.41) is 9.77. The Kier molecular flexibility index (Phi) is 3.77. The van der Waals surface area contributed by atoms with E-state index in [9.17, 15) is 21.9 Å². The Bertz CT molecular complexity index is 727. The molecule has 3 N–H and O–H groups in total. The Balaban J connectivity index is 2.53. The van der Waals surface area contributed by atoms with Crippen molar-refractivity contribution in [1.29, 1.82) is 0 Å². The quantitative estimate of drug-likeness (QED) is 0.709. The molecule has 7 nitrogen and oxygen atoms in total. The van der Waals surface area contributed by atoms with Crippen LogP contribution in [0.4, 0.5) is 0 Å². The van der Waals surface area contributed by atoms with Crippen LogP contribution in [-0.2, 0) is 20.0 Å². The Morgan fingerprint density at radius 2 is 2.05 bits per heavy atom. The van der Waals surface area contributed by atoms with Gasteiger partial charge < -0.3 is 5.11 Å². The van der Waals surface area contributed by atoms with Gasteiger partial charge in [0.2, 0.25) is 0 Å². The molecule has 1 aliphatic rings. The van der Waals surface area contributed by atoms with E-state index in [2.05, 4.69) is 9.44 Å². The molecular weight excluding hydrogens is 324 g/mol. The molecule has 1 atom stereocenters. The Morgan fingerprint density at radius 3 is 2.55 bits per heavy atom. The molecule has 10 heteroatoms. The first-order valence-electron chi connectivity index (χ1n) is 5.78. The Hall–Kier alpha value is -0.520. The maximum atomic E-state index is 12.2. The second-order valence-corrected chi connectivity index (χ2v) is 10.5. The van der Waals surface area contributed by atoms with Crippen molar-refractivity contribution in [3.63, 3.8) is 0 Å². The fraction of sp³-hybridized carbons (Fsp3) is 0.600. The van der Waals surface area contributed by atoms with Crippen LogP contribution in [0.2, 0.25) is 0 Å². The number of β-amino-alcohol motifs (C(OH)–C–C–N with tert-alkyl or cyclic N) is 1. The van der Waals surface area contributed by atoms with E-state index in [4.69, 9.17) is 0 Å². The topological polar surface area (TPSA) is 113 Å². The van der Waals surface area contributed by atoms with E-state index in [0.29, 0.717) is 11.3 Å². The maximum Gasteiger partial charge on any atom is 0.250 e. The van der Waals surface area contributed by atoms with Crippen molar-refractivity contribution in [1.82, 2.24) is 9.44 Å². The smallest absolute Gasteiger partial charge is 0.250 e. The minimum absolute atomic E-state index is 0.122. The second-order valence-electron chi connectivity index (χ2n) is 5.53. The molecule has 1 aromatic heterocycles. The van der Waals surface area contributed by atoms with E-state index in [1.807, 2.05) is 0 Å². The molecule has 0 unspecified atom stereocenters. The molecular formula is C10H16N2O5S3. The minimum Gasteiger partial charge on any atom is -0.387 e. The standard InChI is InChI=1S/C10H16N2O5S3/c1-10(2,3)12-19(14,15)8-4-6-7(13)5-11-20(16,17)9(6)18-8/h4,7,11-13H,5H2,1-3H3/t7-/m1/s1. The summed E-state index contributed by atoms with van der Waals surface area (Å²) in [5.74, 6) is 0. The summed E-state index contributed by atoms with van der Waals surface area (Å²) in [7, 11) is -7.56. The van der Waals surface area contributed by atoms with Crippen LogP contribution in [0.1, 0.15) is 32.4 Å². The van der Waals surface area contributed by atoms with E-state index >= 15 is 0 Å². The highest BCUT2D eigenvalue weighted by Gasteiger charge is 2.35. The van der Waals surface area contributed by atoms with E-state index in [1.165, 1.54) is 6.07 Å². The first kappa shape index (κ1) is 15.9. The highest BCUT2D eigenvalue weighted by Crippen LogP contribution is 2.36. The summed E-state index contributed by atoms with van der Waals surface area (Å²) in [4.78, 5) is 0. The highest BCUT2D eigenvalue weighted by molar-refractivity contribution is 7.94. The number of hydrogen-bond donors (Lipinski definition) is 3. The van der Waals surface area contributed by atoms with Crippen molar-refractivity contribution >= 4 is 31.4 Å². The molecule has 20 heavy (non-hydrogen) atoms. The number of aliphatic hydroxyl groups is 1. The lowest BCUT2D eigenvalue weighted by atomic mass is 10.1. The van der Waals surface area contributed by atoms with E-state index in [1.54, 1.807) is 20.8 Å². The van der Waals surface area contributed by atoms with Crippen molar-refractivity contribution in [2.75, 3.05) is 6.54 Å². The lowest BCUT2D eigenvalue weighted by molar-refractivity contribution is 0.176. The van der Waals surface area contributed by atoms with Crippen molar-refractivity contribution in [2.45, 2.75) is 40.8 Å². The van der Waals surface area contributed by atoms with Gasteiger partial charge >= 0.3 is 0 Å². The molecule has 0 aliphatic carbocycles. The van der Waals surface area contributed by atoms with Gasteiger partial charge in [-0.25, -0.2) is 26.3 Å². The predicted molar refractivity (Wildman–Crippen MR) is 74.5 cm³/mol. The first-order valence-corrected chi connectivity index (χ1v) is 9.56. The molecule has 1 aliphatic heterocycles. The zero-order chi connectivity index (χ0) is 15.3. The highest BCUT2D eigenvalue weighted by atomic mass is 32.3. The molecule has 2 rings (SSSR count). The summed E-state index contributed by atoms with van der Waals surface area (Å²) in [5.41, 5.74) is -0.554. The first-order chi connectivity index (χ1) is 8.92. The number of aliphatic hydroxyl groups excluding tert-OH is 1. The molecule has 0 spiro atoms. The van der Waals surface area contributed by atoms with Gasteiger partial charge in [0.15, 0.2) is 0 Å². The molecule has 2 heterocycles. The van der Waals surface area contributed by atoms with Crippen molar-refractivity contribution < 1.29 is 21.9 Å². The fourth-order valence-electron chi connectivity index (χ4n) is 1.76. The minimum atomic E-state index is -3.82. The summed E-state index contributed by atoms with van der Waals surface area (Å²) in [6, 6.07) is 1.22. The van der Waals surface area contributed by atoms with Crippen LogP contribution in [0.3, 0.4) is 0 Å². The van der Waals surface area contributed by atoms with E-state index < -0.39 is 31.7 Å². The zero-order valence-corrected chi connectivity index (χ0v) is 13.6. The largest absolute Gasteiger partial charge is 0.387 e. The van der Waals surface area contributed by atoms with Crippen LogP contribution in [0.15, 0.2) is 14.5 Å². The number of rotatable bonds is 2. The third kappa shape index (κ3) is 3.05. The van der Waals surface area contributed by atoms with Gasteiger partial charge in [0, 0.05) is 17.6 Å². The number of fused-ring (bicyclic) bond motifs is 1. The van der Waals surface area contributed by atoms with Crippen LogP contribution in [-0.4, -0.2) is 34.0 Å². The second kappa shape index (κ2) is 4.75. The lowest BCUT2D eigenvalue weighted by Crippen LogP contribution is -2.40. The monoisotopic (exact) mass is 340 g/mol. The summed E-state index contributed by atoms with van der Waals surface area (Å²) in [6.45, 7) is 4.90. The molecule has 0 saturated carbocycles. The van der Waals surface area contributed by atoms with Gasteiger partial charge in [0.1, 0.15) is 8.42 Å². The fourth-order valence-corrected chi connectivity index (χ4v) is 6.50. The van der Waals surface area contributed by atoms with Crippen molar-refractivity contribution in [3.05, 3.63) is 11.6 Å². The van der Waals surface area contributed by atoms with Gasteiger partial charge in [-0.15, -0.1) is 11.3 Å². The maximum absolute atomic E-state index is 12.2. The molecule has 0 amide bonds. The van der Waals surface area contributed by atoms with Gasteiger partial charge in [-0.3, -0.25) is 0 Å². The lowest BCUT2D eigenvalue weighted by Gasteiger charge is -2.19. The third-order valence-corrected chi connectivity index (χ3v) is 7.83. The van der Waals surface area contributed by atoms with Crippen LogP contribution in [0.25, 0.3) is 0 Å². The summed E-state index contributed by atoms with van der Waals surface area (Å²) < 4.78 is 52.4. The van der Waals surface area contributed by atoms with Gasteiger partial charge in [-0.1, -0.05) is 0 Å². The molecule has 0 bridgehead atoms. The normalized spacial score (nSPS) is 22.5. The van der Waals surface area contributed by atoms with E-state index in [-0.39, 0.29) is 20.5 Å². The van der Waals surface area contributed by atoms with E-state index in [0.717, 1.165) is 0 Å².